The molecule has 0 spiro atoms. The molecule has 0 saturated heterocycles. The van der Waals surface area contributed by atoms with E-state index in [1.807, 2.05) is 0 Å². The van der Waals surface area contributed by atoms with E-state index in [9.17, 15) is 4.79 Å². The normalized spacial score (nSPS) is 35.8. The number of benzene rings is 1. The largest absolute Gasteiger partial charge is 0.358 e. The van der Waals surface area contributed by atoms with E-state index < -0.39 is 0 Å². The second-order valence-corrected chi connectivity index (χ2v) is 12.8. The van der Waals surface area contributed by atoms with Crippen LogP contribution in [0.25, 0.3) is 0 Å². The van der Waals surface area contributed by atoms with E-state index in [1.54, 1.807) is 0 Å². The summed E-state index contributed by atoms with van der Waals surface area (Å²) in [4.78, 5) is 10.8. The molecule has 1 aromatic rings. The van der Waals surface area contributed by atoms with Crippen LogP contribution in [0.2, 0.25) is 0 Å². The molecule has 2 saturated carbocycles. The van der Waals surface area contributed by atoms with Gasteiger partial charge in [-0.2, -0.15) is 0 Å². The molecule has 32 heavy (non-hydrogen) atoms. The molecule has 2 bridgehead atoms. The molecule has 6 atom stereocenters. The molecule has 4 heteroatoms. The first-order chi connectivity index (χ1) is 15.0. The Balaban J connectivity index is 1.86. The fourth-order valence-corrected chi connectivity index (χ4v) is 7.66. The number of carbonyl (C=O) groups excluding carboxylic acids is 1. The lowest BCUT2D eigenvalue weighted by molar-refractivity contribution is -0.110. The first kappa shape index (κ1) is 25.6. The van der Waals surface area contributed by atoms with Crippen LogP contribution in [-0.2, 0) is 10.2 Å². The summed E-state index contributed by atoms with van der Waals surface area (Å²) in [6, 6.07) is 11.3. The first-order valence-corrected chi connectivity index (χ1v) is 13.1. The van der Waals surface area contributed by atoms with Gasteiger partial charge in [0.1, 0.15) is 0 Å². The number of amides is 1. The van der Waals surface area contributed by atoms with Crippen molar-refractivity contribution in [3.8, 4) is 0 Å². The molecule has 1 aromatic carbocycles. The Morgan fingerprint density at radius 2 is 1.88 bits per heavy atom. The highest BCUT2D eigenvalue weighted by atomic mass is 35.5. The van der Waals surface area contributed by atoms with Crippen molar-refractivity contribution >= 4 is 18.0 Å². The molecule has 2 fully saturated rings. The molecule has 180 valence electrons. The highest BCUT2D eigenvalue weighted by Gasteiger charge is 2.57. The Bertz CT molecular complexity index is 764. The van der Waals surface area contributed by atoms with Gasteiger partial charge in [-0.3, -0.25) is 4.79 Å². The van der Waals surface area contributed by atoms with Gasteiger partial charge in [0.2, 0.25) is 6.41 Å². The minimum atomic E-state index is -0.111. The third-order valence-electron chi connectivity index (χ3n) is 9.62. The monoisotopic (exact) mass is 460 g/mol. The summed E-state index contributed by atoms with van der Waals surface area (Å²) in [5.41, 5.74) is 8.91. The molecular formula is C28H45ClN2O. The van der Waals surface area contributed by atoms with Crippen molar-refractivity contribution in [1.29, 1.82) is 0 Å². The van der Waals surface area contributed by atoms with Gasteiger partial charge in [-0.15, -0.1) is 11.6 Å². The quantitative estimate of drug-likeness (QED) is 0.318. The summed E-state index contributed by atoms with van der Waals surface area (Å²) in [6.45, 7) is 12.4. The lowest BCUT2D eigenvalue weighted by Crippen LogP contribution is -2.55. The second-order valence-electron chi connectivity index (χ2n) is 12.4. The fraction of sp³-hybridized carbons (Fsp3) is 0.750. The summed E-state index contributed by atoms with van der Waals surface area (Å²) >= 11 is 6.34. The summed E-state index contributed by atoms with van der Waals surface area (Å²) < 4.78 is 0. The van der Waals surface area contributed by atoms with Crippen LogP contribution in [0.15, 0.2) is 30.3 Å². The molecular weight excluding hydrogens is 416 g/mol. The standard InChI is InChI=1S/C28H45ClN2O/c1-21-15-28(22-9-7-6-8-10-22)17-23(27(21,5)13-14-29)16-26(4,18-28)12-11-24(30)25(2,3)19-31-20-32/h6-10,20-21,23-24H,11-19,30H2,1-5H3,(H,31,32). The minimum absolute atomic E-state index is 0.0642. The van der Waals surface area contributed by atoms with E-state index in [0.717, 1.165) is 31.6 Å². The van der Waals surface area contributed by atoms with Crippen LogP contribution in [0.1, 0.15) is 85.1 Å². The highest BCUT2D eigenvalue weighted by molar-refractivity contribution is 6.17. The van der Waals surface area contributed by atoms with Gasteiger partial charge in [0.15, 0.2) is 0 Å². The molecule has 6 unspecified atom stereocenters. The van der Waals surface area contributed by atoms with E-state index in [0.29, 0.717) is 23.8 Å². The summed E-state index contributed by atoms with van der Waals surface area (Å²) in [7, 11) is 0. The van der Waals surface area contributed by atoms with E-state index in [-0.39, 0.29) is 22.3 Å². The van der Waals surface area contributed by atoms with Crippen molar-refractivity contribution in [2.45, 2.75) is 91.0 Å². The van der Waals surface area contributed by atoms with Crippen molar-refractivity contribution in [2.75, 3.05) is 12.4 Å². The average Bonchev–Trinajstić information content (AvgIpc) is 2.75. The summed E-state index contributed by atoms with van der Waals surface area (Å²) in [5.74, 6) is 2.10. The Labute approximate surface area is 201 Å². The van der Waals surface area contributed by atoms with E-state index in [1.165, 1.54) is 31.2 Å². The maximum atomic E-state index is 10.8. The van der Waals surface area contributed by atoms with E-state index in [4.69, 9.17) is 17.3 Å². The third-order valence-corrected chi connectivity index (χ3v) is 9.81. The maximum Gasteiger partial charge on any atom is 0.207 e. The van der Waals surface area contributed by atoms with Crippen molar-refractivity contribution in [2.24, 2.45) is 33.8 Å². The van der Waals surface area contributed by atoms with Gasteiger partial charge < -0.3 is 11.1 Å². The van der Waals surface area contributed by atoms with Gasteiger partial charge in [-0.25, -0.2) is 0 Å². The molecule has 3 nitrogen and oxygen atoms in total. The molecule has 2 aliphatic rings. The lowest BCUT2D eigenvalue weighted by Gasteiger charge is -2.62. The van der Waals surface area contributed by atoms with Crippen molar-refractivity contribution in [3.05, 3.63) is 35.9 Å². The molecule has 3 N–H and O–H groups in total. The maximum absolute atomic E-state index is 10.8. The number of halogens is 1. The lowest BCUT2D eigenvalue weighted by atomic mass is 9.43. The molecule has 0 aliphatic heterocycles. The minimum Gasteiger partial charge on any atom is -0.358 e. The van der Waals surface area contributed by atoms with E-state index in [2.05, 4.69) is 70.3 Å². The zero-order valence-corrected chi connectivity index (χ0v) is 21.7. The number of hydrogen-bond donors (Lipinski definition) is 2. The van der Waals surface area contributed by atoms with Crippen LogP contribution in [0, 0.1) is 28.1 Å². The van der Waals surface area contributed by atoms with Crippen LogP contribution in [0.3, 0.4) is 0 Å². The summed E-state index contributed by atoms with van der Waals surface area (Å²) in [6.07, 6.45) is 9.04. The Morgan fingerprint density at radius 1 is 1.19 bits per heavy atom. The van der Waals surface area contributed by atoms with Gasteiger partial charge in [-0.05, 0) is 84.0 Å². The number of alkyl halides is 1. The third kappa shape index (κ3) is 5.04. The van der Waals surface area contributed by atoms with Gasteiger partial charge in [-0.1, -0.05) is 65.0 Å². The molecule has 3 rings (SSSR count). The van der Waals surface area contributed by atoms with E-state index >= 15 is 0 Å². The van der Waals surface area contributed by atoms with Crippen LogP contribution < -0.4 is 11.1 Å². The Kier molecular flexibility index (Phi) is 7.72. The van der Waals surface area contributed by atoms with Crippen molar-refractivity contribution in [3.63, 3.8) is 0 Å². The fourth-order valence-electron chi connectivity index (χ4n) is 7.25. The van der Waals surface area contributed by atoms with Crippen LogP contribution in [0.4, 0.5) is 0 Å². The zero-order chi connectivity index (χ0) is 23.6. The van der Waals surface area contributed by atoms with Gasteiger partial charge in [0.05, 0.1) is 0 Å². The average molecular weight is 461 g/mol. The predicted octanol–water partition coefficient (Wildman–Crippen LogP) is 6.29. The van der Waals surface area contributed by atoms with Crippen LogP contribution >= 0.6 is 11.6 Å². The van der Waals surface area contributed by atoms with Gasteiger partial charge in [0.25, 0.3) is 0 Å². The number of fused-ring (bicyclic) bond motifs is 2. The number of carbonyl (C=O) groups is 1. The smallest absolute Gasteiger partial charge is 0.207 e. The van der Waals surface area contributed by atoms with Crippen molar-refractivity contribution < 1.29 is 4.79 Å². The van der Waals surface area contributed by atoms with Crippen LogP contribution in [0.5, 0.6) is 0 Å². The number of hydrogen-bond acceptors (Lipinski definition) is 2. The summed E-state index contributed by atoms with van der Waals surface area (Å²) in [5, 5.41) is 2.83. The first-order valence-electron chi connectivity index (χ1n) is 12.5. The number of rotatable bonds is 10. The molecule has 1 amide bonds. The molecule has 0 heterocycles. The Hall–Kier alpha value is -1.06. The topological polar surface area (TPSA) is 55.1 Å². The Morgan fingerprint density at radius 3 is 2.50 bits per heavy atom. The molecule has 2 aliphatic carbocycles. The second kappa shape index (κ2) is 9.66. The zero-order valence-electron chi connectivity index (χ0n) is 20.9. The van der Waals surface area contributed by atoms with Crippen LogP contribution in [-0.4, -0.2) is 24.9 Å². The van der Waals surface area contributed by atoms with Gasteiger partial charge >= 0.3 is 0 Å². The van der Waals surface area contributed by atoms with Gasteiger partial charge in [0, 0.05) is 18.5 Å². The highest BCUT2D eigenvalue weighted by Crippen LogP contribution is 2.65. The SMILES string of the molecule is CC1CC2(c3ccccc3)CC(CC(C)(CCC(N)C(C)(C)CNC=O)C2)C1(C)CCCl. The van der Waals surface area contributed by atoms with Crippen molar-refractivity contribution in [1.82, 2.24) is 5.32 Å². The predicted molar refractivity (Wildman–Crippen MR) is 136 cm³/mol. The molecule has 0 aromatic heterocycles. The number of nitrogens with two attached hydrogens (primary N) is 1. The molecule has 0 radical (unpaired) electrons. The number of nitrogens with one attached hydrogen (secondary N) is 1.